The molecular formula is C11H23N3O. The molecule has 1 rings (SSSR count). The molecule has 4 heteroatoms. The molecule has 0 saturated carbocycles. The van der Waals surface area contributed by atoms with Gasteiger partial charge in [0, 0.05) is 19.1 Å². The fourth-order valence-electron chi connectivity index (χ4n) is 1.99. The summed E-state index contributed by atoms with van der Waals surface area (Å²) in [6.45, 7) is 3.70. The van der Waals surface area contributed by atoms with Gasteiger partial charge in [-0.3, -0.25) is 4.79 Å². The van der Waals surface area contributed by atoms with Crippen molar-refractivity contribution in [2.75, 3.05) is 20.1 Å². The lowest BCUT2D eigenvalue weighted by Gasteiger charge is -2.26. The molecular weight excluding hydrogens is 190 g/mol. The second-order valence-electron chi connectivity index (χ2n) is 4.34. The Hall–Kier alpha value is -0.610. The molecule has 2 atom stereocenters. The van der Waals surface area contributed by atoms with Crippen LogP contribution in [0.4, 0.5) is 0 Å². The SMILES string of the molecule is CNC(=O)CNC(C)CC1CCCCN1. The lowest BCUT2D eigenvalue weighted by molar-refractivity contribution is -0.119. The molecule has 0 radical (unpaired) electrons. The van der Waals surface area contributed by atoms with E-state index in [1.54, 1.807) is 7.05 Å². The second kappa shape index (κ2) is 6.80. The van der Waals surface area contributed by atoms with Crippen LogP contribution in [-0.4, -0.2) is 38.1 Å². The van der Waals surface area contributed by atoms with E-state index in [9.17, 15) is 4.79 Å². The number of amides is 1. The molecule has 1 aliphatic heterocycles. The van der Waals surface area contributed by atoms with Crippen LogP contribution in [0.15, 0.2) is 0 Å². The van der Waals surface area contributed by atoms with E-state index in [4.69, 9.17) is 0 Å². The minimum Gasteiger partial charge on any atom is -0.358 e. The van der Waals surface area contributed by atoms with E-state index in [1.807, 2.05) is 0 Å². The van der Waals surface area contributed by atoms with Gasteiger partial charge in [0.1, 0.15) is 0 Å². The molecule has 2 unspecified atom stereocenters. The zero-order valence-electron chi connectivity index (χ0n) is 9.81. The Morgan fingerprint density at radius 2 is 2.33 bits per heavy atom. The summed E-state index contributed by atoms with van der Waals surface area (Å²) < 4.78 is 0. The number of carbonyl (C=O) groups is 1. The molecule has 0 aromatic carbocycles. The van der Waals surface area contributed by atoms with Crippen molar-refractivity contribution >= 4 is 5.91 Å². The average molecular weight is 213 g/mol. The predicted octanol–water partition coefficient (Wildman–Crippen LogP) is 0.243. The maximum atomic E-state index is 11.0. The van der Waals surface area contributed by atoms with Gasteiger partial charge in [-0.25, -0.2) is 0 Å². The van der Waals surface area contributed by atoms with Gasteiger partial charge in [0.2, 0.25) is 5.91 Å². The summed E-state index contributed by atoms with van der Waals surface area (Å²) in [7, 11) is 1.66. The highest BCUT2D eigenvalue weighted by Crippen LogP contribution is 2.11. The molecule has 4 nitrogen and oxygen atoms in total. The molecule has 0 aliphatic carbocycles. The van der Waals surface area contributed by atoms with E-state index in [-0.39, 0.29) is 5.91 Å². The van der Waals surface area contributed by atoms with Crippen molar-refractivity contribution in [1.29, 1.82) is 0 Å². The van der Waals surface area contributed by atoms with E-state index < -0.39 is 0 Å². The number of nitrogens with one attached hydrogen (secondary N) is 3. The molecule has 88 valence electrons. The third-order valence-corrected chi connectivity index (χ3v) is 2.94. The fraction of sp³-hybridized carbons (Fsp3) is 0.909. The van der Waals surface area contributed by atoms with E-state index in [0.29, 0.717) is 18.6 Å². The fourth-order valence-corrected chi connectivity index (χ4v) is 1.99. The largest absolute Gasteiger partial charge is 0.358 e. The maximum Gasteiger partial charge on any atom is 0.233 e. The van der Waals surface area contributed by atoms with Crippen molar-refractivity contribution in [2.24, 2.45) is 0 Å². The first-order chi connectivity index (χ1) is 7.22. The first-order valence-electron chi connectivity index (χ1n) is 5.89. The van der Waals surface area contributed by atoms with Crippen LogP contribution in [0.2, 0.25) is 0 Å². The van der Waals surface area contributed by atoms with Crippen molar-refractivity contribution in [2.45, 2.75) is 44.7 Å². The van der Waals surface area contributed by atoms with Crippen LogP contribution < -0.4 is 16.0 Å². The van der Waals surface area contributed by atoms with E-state index >= 15 is 0 Å². The van der Waals surface area contributed by atoms with Gasteiger partial charge >= 0.3 is 0 Å². The van der Waals surface area contributed by atoms with Crippen LogP contribution in [0.25, 0.3) is 0 Å². The first-order valence-corrected chi connectivity index (χ1v) is 5.89. The van der Waals surface area contributed by atoms with Crippen LogP contribution in [0.3, 0.4) is 0 Å². The molecule has 15 heavy (non-hydrogen) atoms. The normalized spacial score (nSPS) is 23.5. The molecule has 1 heterocycles. The Bertz CT molecular complexity index is 190. The molecule has 1 amide bonds. The highest BCUT2D eigenvalue weighted by molar-refractivity contribution is 5.77. The number of likely N-dealkylation sites (N-methyl/N-ethyl adjacent to an activating group) is 1. The van der Waals surface area contributed by atoms with Gasteiger partial charge in [0.05, 0.1) is 6.54 Å². The van der Waals surface area contributed by atoms with Crippen molar-refractivity contribution in [1.82, 2.24) is 16.0 Å². The lowest BCUT2D eigenvalue weighted by Crippen LogP contribution is -2.42. The molecule has 1 saturated heterocycles. The maximum absolute atomic E-state index is 11.0. The van der Waals surface area contributed by atoms with Crippen LogP contribution >= 0.6 is 0 Å². The molecule has 0 bridgehead atoms. The molecule has 0 aromatic heterocycles. The van der Waals surface area contributed by atoms with E-state index in [2.05, 4.69) is 22.9 Å². The number of hydrogen-bond donors (Lipinski definition) is 3. The van der Waals surface area contributed by atoms with Crippen molar-refractivity contribution < 1.29 is 4.79 Å². The predicted molar refractivity (Wildman–Crippen MR) is 61.8 cm³/mol. The number of hydrogen-bond acceptors (Lipinski definition) is 3. The lowest BCUT2D eigenvalue weighted by atomic mass is 9.99. The van der Waals surface area contributed by atoms with Crippen LogP contribution in [0.5, 0.6) is 0 Å². The van der Waals surface area contributed by atoms with Crippen LogP contribution in [0, 0.1) is 0 Å². The summed E-state index contributed by atoms with van der Waals surface area (Å²) >= 11 is 0. The van der Waals surface area contributed by atoms with Crippen molar-refractivity contribution in [3.63, 3.8) is 0 Å². The zero-order valence-corrected chi connectivity index (χ0v) is 9.81. The summed E-state index contributed by atoms with van der Waals surface area (Å²) in [6, 6.07) is 1.03. The third-order valence-electron chi connectivity index (χ3n) is 2.94. The Labute approximate surface area is 92.2 Å². The van der Waals surface area contributed by atoms with E-state index in [1.165, 1.54) is 19.3 Å². The van der Waals surface area contributed by atoms with Crippen molar-refractivity contribution in [3.8, 4) is 0 Å². The number of piperidine rings is 1. The van der Waals surface area contributed by atoms with Gasteiger partial charge in [-0.2, -0.15) is 0 Å². The minimum atomic E-state index is 0.0541. The summed E-state index contributed by atoms with van der Waals surface area (Å²) in [5.41, 5.74) is 0. The van der Waals surface area contributed by atoms with Crippen LogP contribution in [-0.2, 0) is 4.79 Å². The monoisotopic (exact) mass is 213 g/mol. The van der Waals surface area contributed by atoms with Gasteiger partial charge < -0.3 is 16.0 Å². The standard InChI is InChI=1S/C11H23N3O/c1-9(14-8-11(15)12-2)7-10-5-3-4-6-13-10/h9-10,13-14H,3-8H2,1-2H3,(H,12,15). The quantitative estimate of drug-likeness (QED) is 0.613. The first kappa shape index (κ1) is 12.5. The summed E-state index contributed by atoms with van der Waals surface area (Å²) in [5.74, 6) is 0.0541. The Kier molecular flexibility index (Phi) is 5.65. The molecule has 1 fully saturated rings. The smallest absolute Gasteiger partial charge is 0.233 e. The Balaban J connectivity index is 2.11. The van der Waals surface area contributed by atoms with Gasteiger partial charge in [0.25, 0.3) is 0 Å². The summed E-state index contributed by atoms with van der Waals surface area (Å²) in [5, 5.41) is 9.35. The highest BCUT2D eigenvalue weighted by Gasteiger charge is 2.15. The molecule has 0 spiro atoms. The van der Waals surface area contributed by atoms with Crippen molar-refractivity contribution in [3.05, 3.63) is 0 Å². The van der Waals surface area contributed by atoms with Crippen LogP contribution in [0.1, 0.15) is 32.6 Å². The second-order valence-corrected chi connectivity index (χ2v) is 4.34. The summed E-state index contributed by atoms with van der Waals surface area (Å²) in [6.07, 6.45) is 5.01. The topological polar surface area (TPSA) is 53.2 Å². The molecule has 3 N–H and O–H groups in total. The minimum absolute atomic E-state index is 0.0541. The third kappa shape index (κ3) is 5.14. The van der Waals surface area contributed by atoms with Gasteiger partial charge in [0.15, 0.2) is 0 Å². The number of rotatable bonds is 5. The number of carbonyl (C=O) groups excluding carboxylic acids is 1. The Morgan fingerprint density at radius 3 is 2.93 bits per heavy atom. The van der Waals surface area contributed by atoms with Gasteiger partial charge in [-0.1, -0.05) is 6.42 Å². The highest BCUT2D eigenvalue weighted by atomic mass is 16.1. The zero-order chi connectivity index (χ0) is 11.1. The van der Waals surface area contributed by atoms with Gasteiger partial charge in [-0.15, -0.1) is 0 Å². The van der Waals surface area contributed by atoms with E-state index in [0.717, 1.165) is 13.0 Å². The molecule has 0 aromatic rings. The summed E-state index contributed by atoms with van der Waals surface area (Å²) in [4.78, 5) is 11.0. The Morgan fingerprint density at radius 1 is 1.53 bits per heavy atom. The molecule has 1 aliphatic rings. The average Bonchev–Trinajstić information content (AvgIpc) is 2.27. The van der Waals surface area contributed by atoms with Gasteiger partial charge in [-0.05, 0) is 32.7 Å².